The third kappa shape index (κ3) is 7.56. The molecule has 0 unspecified atom stereocenters. The molecule has 2 aliphatic heterocycles. The van der Waals surface area contributed by atoms with E-state index in [-0.39, 0.29) is 35.2 Å². The third-order valence-electron chi connectivity index (χ3n) is 11.1. The van der Waals surface area contributed by atoms with Gasteiger partial charge in [0.1, 0.15) is 29.2 Å². The Kier molecular flexibility index (Phi) is 10.8. The second-order valence-corrected chi connectivity index (χ2v) is 15.6. The Labute approximate surface area is 329 Å². The Morgan fingerprint density at radius 2 is 1.56 bits per heavy atom. The van der Waals surface area contributed by atoms with Gasteiger partial charge in [-0.2, -0.15) is 0 Å². The minimum Gasteiger partial charge on any atom is -0.465 e. The van der Waals surface area contributed by atoms with Gasteiger partial charge in [-0.25, -0.2) is 23.9 Å². The lowest BCUT2D eigenvalue weighted by Crippen LogP contribution is -2.51. The predicted octanol–water partition coefficient (Wildman–Crippen LogP) is 6.47. The second-order valence-electron chi connectivity index (χ2n) is 15.6. The molecule has 0 aliphatic carbocycles. The van der Waals surface area contributed by atoms with E-state index in [1.807, 2.05) is 58.0 Å². The SMILES string of the molecule is COC(=O)N[C@H](C(=O)N1CCC[C@H]1c1nc2ccc3cc(C#Cc4cc(F)c5nc([C@@H]6CCCN6C(=O)[C@H](C(C)C)N(C)C(=O)O)[nH]c5c4)ccc3c2[nH]1)C(C)C. The van der Waals surface area contributed by atoms with Crippen LogP contribution in [0, 0.1) is 29.5 Å². The van der Waals surface area contributed by atoms with E-state index in [0.29, 0.717) is 48.7 Å². The molecule has 4 atom stereocenters. The topological polar surface area (TPSA) is 177 Å². The van der Waals surface area contributed by atoms with E-state index in [2.05, 4.69) is 32.1 Å². The minimum absolute atomic E-state index is 0.138. The van der Waals surface area contributed by atoms with Crippen molar-refractivity contribution in [2.24, 2.45) is 11.8 Å². The number of nitrogens with zero attached hydrogens (tertiary/aromatic N) is 5. The third-order valence-corrected chi connectivity index (χ3v) is 11.1. The summed E-state index contributed by atoms with van der Waals surface area (Å²) in [6.07, 6.45) is 1.05. The Balaban J connectivity index is 1.11. The van der Waals surface area contributed by atoms with Crippen molar-refractivity contribution in [3.63, 3.8) is 0 Å². The molecule has 0 bridgehead atoms. The van der Waals surface area contributed by atoms with Crippen LogP contribution < -0.4 is 5.32 Å². The molecule has 57 heavy (non-hydrogen) atoms. The first-order chi connectivity index (χ1) is 27.2. The molecule has 5 aromatic rings. The molecule has 4 heterocycles. The summed E-state index contributed by atoms with van der Waals surface area (Å²) in [5.41, 5.74) is 3.38. The highest BCUT2D eigenvalue weighted by atomic mass is 19.1. The normalized spacial score (nSPS) is 18.0. The van der Waals surface area contributed by atoms with Crippen LogP contribution in [0.15, 0.2) is 42.5 Å². The van der Waals surface area contributed by atoms with Crippen molar-refractivity contribution in [3.8, 4) is 11.8 Å². The van der Waals surface area contributed by atoms with E-state index < -0.39 is 36.1 Å². The lowest BCUT2D eigenvalue weighted by Gasteiger charge is -2.33. The van der Waals surface area contributed by atoms with Crippen LogP contribution in [-0.2, 0) is 14.3 Å². The maximum Gasteiger partial charge on any atom is 0.407 e. The first-order valence-corrected chi connectivity index (χ1v) is 19.3. The lowest BCUT2D eigenvalue weighted by molar-refractivity contribution is -0.138. The maximum absolute atomic E-state index is 15.5. The smallest absolute Gasteiger partial charge is 0.407 e. The standard InChI is InChI=1S/C42H47FN8O6/c1-22(2)33(48-41(54)57-6)39(52)50-17-7-9-31(50)37-44-29-16-14-26-19-24(13-15-27(26)34(29)46-37)11-12-25-20-28(43)35-30(21-25)45-38(47-35)32-10-8-18-51(32)40(53)36(23(3)4)49(5)42(55)56/h13-16,19-23,31-33,36H,7-10,17-18H2,1-6H3,(H,44,46)(H,45,47)(H,48,54)(H,55,56)/t31-,32-,33-,36-/m0/s1. The van der Waals surface area contributed by atoms with Crippen LogP contribution in [0.4, 0.5) is 14.0 Å². The molecule has 2 fully saturated rings. The Morgan fingerprint density at radius 1 is 0.895 bits per heavy atom. The summed E-state index contributed by atoms with van der Waals surface area (Å²) < 4.78 is 20.2. The molecular formula is C42H47FN8O6. The second kappa shape index (κ2) is 15.8. The highest BCUT2D eigenvalue weighted by molar-refractivity contribution is 6.04. The number of rotatable bonds is 8. The van der Waals surface area contributed by atoms with Crippen LogP contribution in [-0.4, -0.2) is 103 Å². The number of hydrogen-bond acceptors (Lipinski definition) is 7. The Hall–Kier alpha value is -6.17. The molecule has 2 saturated heterocycles. The van der Waals surface area contributed by atoms with Gasteiger partial charge in [-0.3, -0.25) is 14.5 Å². The number of carboxylic acid groups (broad SMARTS) is 1. The number of likely N-dealkylation sites (N-methyl/N-ethyl adjacent to an activating group) is 1. The quantitative estimate of drug-likeness (QED) is 0.130. The summed E-state index contributed by atoms with van der Waals surface area (Å²) in [4.78, 5) is 71.6. The van der Waals surface area contributed by atoms with Gasteiger partial charge in [0.25, 0.3) is 0 Å². The molecule has 3 aromatic carbocycles. The van der Waals surface area contributed by atoms with Crippen molar-refractivity contribution in [2.75, 3.05) is 27.2 Å². The van der Waals surface area contributed by atoms with Crippen LogP contribution >= 0.6 is 0 Å². The number of methoxy groups -OCH3 is 1. The average Bonchev–Trinajstić information content (AvgIpc) is 4.00. The number of likely N-dealkylation sites (tertiary alicyclic amines) is 2. The molecule has 7 rings (SSSR count). The Bertz CT molecular complexity index is 2450. The zero-order valence-electron chi connectivity index (χ0n) is 32.9. The summed E-state index contributed by atoms with van der Waals surface area (Å²) >= 11 is 0. The number of H-pyrrole nitrogens is 2. The molecule has 14 nitrogen and oxygen atoms in total. The fraction of sp³-hybridized carbons (Fsp3) is 0.429. The molecule has 298 valence electrons. The summed E-state index contributed by atoms with van der Waals surface area (Å²) in [6.45, 7) is 8.39. The lowest BCUT2D eigenvalue weighted by atomic mass is 10.0. The summed E-state index contributed by atoms with van der Waals surface area (Å²) in [6, 6.07) is 10.5. The number of carbonyl (C=O) groups is 4. The van der Waals surface area contributed by atoms with Gasteiger partial charge in [0.15, 0.2) is 5.82 Å². The molecule has 2 aliphatic rings. The fourth-order valence-electron chi connectivity index (χ4n) is 8.23. The van der Waals surface area contributed by atoms with Crippen molar-refractivity contribution in [2.45, 2.75) is 77.5 Å². The van der Waals surface area contributed by atoms with E-state index in [1.54, 1.807) is 15.9 Å². The van der Waals surface area contributed by atoms with Crippen molar-refractivity contribution < 1.29 is 33.4 Å². The van der Waals surface area contributed by atoms with Crippen molar-refractivity contribution in [1.82, 2.24) is 40.0 Å². The van der Waals surface area contributed by atoms with Gasteiger partial charge < -0.3 is 34.9 Å². The van der Waals surface area contributed by atoms with Crippen LogP contribution in [0.2, 0.25) is 0 Å². The van der Waals surface area contributed by atoms with E-state index >= 15 is 4.39 Å². The van der Waals surface area contributed by atoms with E-state index in [1.165, 1.54) is 20.2 Å². The van der Waals surface area contributed by atoms with E-state index in [9.17, 15) is 24.3 Å². The van der Waals surface area contributed by atoms with Crippen molar-refractivity contribution >= 4 is 56.8 Å². The Morgan fingerprint density at radius 3 is 2.21 bits per heavy atom. The van der Waals surface area contributed by atoms with Crippen molar-refractivity contribution in [1.29, 1.82) is 0 Å². The highest BCUT2D eigenvalue weighted by Gasteiger charge is 2.40. The van der Waals surface area contributed by atoms with Crippen LogP contribution in [0.25, 0.3) is 32.8 Å². The van der Waals surface area contributed by atoms with Gasteiger partial charge >= 0.3 is 12.2 Å². The molecule has 0 radical (unpaired) electrons. The van der Waals surface area contributed by atoms with Gasteiger partial charge in [0.2, 0.25) is 11.8 Å². The number of carbonyl (C=O) groups excluding carboxylic acids is 3. The average molecular weight is 779 g/mol. The van der Waals surface area contributed by atoms with Crippen LogP contribution in [0.5, 0.6) is 0 Å². The minimum atomic E-state index is -1.18. The first kappa shape index (κ1) is 39.1. The van der Waals surface area contributed by atoms with Crippen LogP contribution in [0.1, 0.15) is 88.2 Å². The van der Waals surface area contributed by atoms with Crippen molar-refractivity contribution in [3.05, 3.63) is 71.1 Å². The zero-order valence-corrected chi connectivity index (χ0v) is 32.9. The molecule has 4 N–H and O–H groups in total. The van der Waals surface area contributed by atoms with Gasteiger partial charge in [-0.1, -0.05) is 51.7 Å². The van der Waals surface area contributed by atoms with E-state index in [4.69, 9.17) is 9.72 Å². The largest absolute Gasteiger partial charge is 0.465 e. The number of nitrogens with one attached hydrogen (secondary N) is 3. The molecule has 4 amide bonds. The number of benzene rings is 3. The maximum atomic E-state index is 15.5. The number of fused-ring (bicyclic) bond motifs is 4. The predicted molar refractivity (Wildman–Crippen MR) is 212 cm³/mol. The number of hydrogen-bond donors (Lipinski definition) is 4. The van der Waals surface area contributed by atoms with Crippen LogP contribution in [0.3, 0.4) is 0 Å². The molecule has 2 aromatic heterocycles. The number of ether oxygens (including phenoxy) is 1. The number of aromatic amines is 2. The number of aromatic nitrogens is 4. The first-order valence-electron chi connectivity index (χ1n) is 19.3. The van der Waals surface area contributed by atoms with E-state index in [0.717, 1.165) is 45.1 Å². The number of halogens is 1. The summed E-state index contributed by atoms with van der Waals surface area (Å²) in [7, 11) is 2.67. The molecule has 15 heteroatoms. The highest BCUT2D eigenvalue weighted by Crippen LogP contribution is 2.36. The number of alkyl carbamates (subject to hydrolysis) is 1. The van der Waals surface area contributed by atoms with Gasteiger partial charge in [0, 0.05) is 36.7 Å². The number of imidazole rings is 2. The zero-order chi connectivity index (χ0) is 40.7. The summed E-state index contributed by atoms with van der Waals surface area (Å²) in [5, 5.41) is 14.1. The van der Waals surface area contributed by atoms with Gasteiger partial charge in [-0.05, 0) is 73.2 Å². The fourth-order valence-corrected chi connectivity index (χ4v) is 8.23. The molecular weight excluding hydrogens is 732 g/mol. The van der Waals surface area contributed by atoms with Gasteiger partial charge in [0.05, 0.1) is 35.7 Å². The molecule has 0 spiro atoms. The molecule has 0 saturated carbocycles. The monoisotopic (exact) mass is 778 g/mol. The number of amides is 4. The van der Waals surface area contributed by atoms with Gasteiger partial charge in [-0.15, -0.1) is 0 Å². The summed E-state index contributed by atoms with van der Waals surface area (Å²) in [5.74, 6) is 5.98.